The maximum absolute atomic E-state index is 5.69. The summed E-state index contributed by atoms with van der Waals surface area (Å²) >= 11 is 3.54. The number of anilines is 1. The Hall–Kier alpha value is -1.81. The molecule has 3 rings (SSSR count). The fourth-order valence-corrected chi connectivity index (χ4v) is 2.65. The van der Waals surface area contributed by atoms with Crippen LogP contribution < -0.4 is 5.73 Å². The van der Waals surface area contributed by atoms with Crippen LogP contribution >= 0.6 is 15.9 Å². The third-order valence-electron chi connectivity index (χ3n) is 2.87. The van der Waals surface area contributed by atoms with Gasteiger partial charge in [-0.2, -0.15) is 0 Å². The molecule has 2 aromatic carbocycles. The van der Waals surface area contributed by atoms with E-state index in [1.54, 1.807) is 0 Å². The minimum atomic E-state index is 0.756. The molecule has 0 unspecified atom stereocenters. The predicted molar refractivity (Wildman–Crippen MR) is 78.4 cm³/mol. The molecule has 18 heavy (non-hydrogen) atoms. The highest BCUT2D eigenvalue weighted by Crippen LogP contribution is 2.27. The van der Waals surface area contributed by atoms with Crippen LogP contribution in [0, 0.1) is 6.92 Å². The second-order valence-electron chi connectivity index (χ2n) is 4.35. The number of rotatable bonds is 1. The van der Waals surface area contributed by atoms with E-state index in [2.05, 4.69) is 45.0 Å². The van der Waals surface area contributed by atoms with Crippen molar-refractivity contribution in [2.24, 2.45) is 0 Å². The summed E-state index contributed by atoms with van der Waals surface area (Å²) in [5.74, 6) is 0.858. The summed E-state index contributed by atoms with van der Waals surface area (Å²) in [6.07, 6.45) is 0. The number of nitrogens with zero attached hydrogens (tertiary/aromatic N) is 1. The van der Waals surface area contributed by atoms with Gasteiger partial charge in [-0.05, 0) is 64.8 Å². The Kier molecular flexibility index (Phi) is 2.59. The lowest BCUT2D eigenvalue weighted by Gasteiger charge is -1.96. The van der Waals surface area contributed by atoms with Crippen molar-refractivity contribution in [2.75, 3.05) is 5.73 Å². The van der Waals surface area contributed by atoms with Crippen molar-refractivity contribution >= 4 is 32.7 Å². The van der Waals surface area contributed by atoms with Crippen LogP contribution in [0.2, 0.25) is 0 Å². The minimum Gasteiger partial charge on any atom is -0.399 e. The largest absolute Gasteiger partial charge is 0.399 e. The van der Waals surface area contributed by atoms with Crippen LogP contribution in [0.5, 0.6) is 0 Å². The number of hydrogen-bond acceptors (Lipinski definition) is 2. The smallest absolute Gasteiger partial charge is 0.138 e. The maximum atomic E-state index is 5.69. The molecule has 0 atom stereocenters. The van der Waals surface area contributed by atoms with Crippen LogP contribution in [-0.4, -0.2) is 9.97 Å². The van der Waals surface area contributed by atoms with Gasteiger partial charge in [0.25, 0.3) is 0 Å². The lowest BCUT2D eigenvalue weighted by Crippen LogP contribution is -1.84. The van der Waals surface area contributed by atoms with E-state index in [1.807, 2.05) is 24.3 Å². The Labute approximate surface area is 113 Å². The monoisotopic (exact) mass is 301 g/mol. The number of halogens is 1. The molecular weight excluding hydrogens is 290 g/mol. The zero-order chi connectivity index (χ0) is 12.7. The van der Waals surface area contributed by atoms with E-state index < -0.39 is 0 Å². The molecule has 90 valence electrons. The van der Waals surface area contributed by atoms with E-state index in [4.69, 9.17) is 5.73 Å². The van der Waals surface area contributed by atoms with E-state index in [0.29, 0.717) is 0 Å². The molecular formula is C14H12BrN3. The van der Waals surface area contributed by atoms with Gasteiger partial charge in [-0.3, -0.25) is 0 Å². The van der Waals surface area contributed by atoms with E-state index in [9.17, 15) is 0 Å². The van der Waals surface area contributed by atoms with Crippen LogP contribution in [0.1, 0.15) is 5.56 Å². The highest BCUT2D eigenvalue weighted by molar-refractivity contribution is 9.10. The number of aromatic nitrogens is 2. The van der Waals surface area contributed by atoms with Crippen LogP contribution in [0.15, 0.2) is 40.9 Å². The highest BCUT2D eigenvalue weighted by Gasteiger charge is 2.08. The predicted octanol–water partition coefficient (Wildman–Crippen LogP) is 3.88. The SMILES string of the molecule is Cc1cc(Br)c2nc(-c3ccc(N)cc3)[nH]c2c1. The first-order chi connectivity index (χ1) is 8.63. The molecule has 0 spiro atoms. The Balaban J connectivity index is 2.19. The molecule has 0 saturated heterocycles. The van der Waals surface area contributed by atoms with Gasteiger partial charge in [0.2, 0.25) is 0 Å². The molecule has 0 fully saturated rings. The molecule has 0 saturated carbocycles. The van der Waals surface area contributed by atoms with Gasteiger partial charge in [0.1, 0.15) is 11.3 Å². The molecule has 0 aliphatic rings. The summed E-state index contributed by atoms with van der Waals surface area (Å²) in [6.45, 7) is 2.06. The summed E-state index contributed by atoms with van der Waals surface area (Å²) in [4.78, 5) is 7.94. The first-order valence-corrected chi connectivity index (χ1v) is 6.44. The molecule has 1 heterocycles. The Morgan fingerprint density at radius 1 is 1.17 bits per heavy atom. The quantitative estimate of drug-likeness (QED) is 0.670. The molecule has 3 aromatic rings. The van der Waals surface area contributed by atoms with E-state index in [-0.39, 0.29) is 0 Å². The second kappa shape index (κ2) is 4.14. The number of imidazole rings is 1. The van der Waals surface area contributed by atoms with Crippen molar-refractivity contribution in [3.8, 4) is 11.4 Å². The molecule has 3 N–H and O–H groups in total. The summed E-state index contributed by atoms with van der Waals surface area (Å²) in [5.41, 5.74) is 10.7. The van der Waals surface area contributed by atoms with Crippen LogP contribution in [0.4, 0.5) is 5.69 Å². The normalized spacial score (nSPS) is 11.0. The van der Waals surface area contributed by atoms with Crippen LogP contribution in [-0.2, 0) is 0 Å². The fraction of sp³-hybridized carbons (Fsp3) is 0.0714. The van der Waals surface area contributed by atoms with E-state index in [1.165, 1.54) is 5.56 Å². The average Bonchev–Trinajstić information content (AvgIpc) is 2.74. The number of nitrogens with two attached hydrogens (primary N) is 1. The lowest BCUT2D eigenvalue weighted by atomic mass is 10.2. The van der Waals surface area contributed by atoms with Crippen molar-refractivity contribution in [2.45, 2.75) is 6.92 Å². The summed E-state index contributed by atoms with van der Waals surface area (Å²) in [5, 5.41) is 0. The molecule has 3 nitrogen and oxygen atoms in total. The van der Waals surface area contributed by atoms with E-state index in [0.717, 1.165) is 32.6 Å². The molecule has 1 aromatic heterocycles. The van der Waals surface area contributed by atoms with Gasteiger partial charge in [0.05, 0.1) is 5.52 Å². The third kappa shape index (κ3) is 1.88. The van der Waals surface area contributed by atoms with Gasteiger partial charge in [-0.15, -0.1) is 0 Å². The summed E-state index contributed by atoms with van der Waals surface area (Å²) in [7, 11) is 0. The second-order valence-corrected chi connectivity index (χ2v) is 5.20. The van der Waals surface area contributed by atoms with Crippen molar-refractivity contribution in [3.05, 3.63) is 46.4 Å². The number of nitrogens with one attached hydrogen (secondary N) is 1. The number of aryl methyl sites for hydroxylation is 1. The minimum absolute atomic E-state index is 0.756. The number of fused-ring (bicyclic) bond motifs is 1. The van der Waals surface area contributed by atoms with Crippen LogP contribution in [0.3, 0.4) is 0 Å². The Morgan fingerprint density at radius 3 is 2.61 bits per heavy atom. The van der Waals surface area contributed by atoms with Crippen molar-refractivity contribution in [1.82, 2.24) is 9.97 Å². The standard InChI is InChI=1S/C14H12BrN3/c1-8-6-11(15)13-12(7-8)17-14(18-13)9-2-4-10(16)5-3-9/h2-7H,16H2,1H3,(H,17,18). The molecule has 0 aliphatic heterocycles. The molecule has 0 amide bonds. The number of benzene rings is 2. The first-order valence-electron chi connectivity index (χ1n) is 5.65. The molecule has 4 heteroatoms. The van der Waals surface area contributed by atoms with Gasteiger partial charge in [0.15, 0.2) is 0 Å². The first kappa shape index (κ1) is 11.3. The fourth-order valence-electron chi connectivity index (χ4n) is 1.99. The number of hydrogen-bond donors (Lipinski definition) is 2. The molecule has 0 aliphatic carbocycles. The van der Waals surface area contributed by atoms with Crippen molar-refractivity contribution in [3.63, 3.8) is 0 Å². The number of H-pyrrole nitrogens is 1. The van der Waals surface area contributed by atoms with Crippen LogP contribution in [0.25, 0.3) is 22.4 Å². The Morgan fingerprint density at radius 2 is 1.89 bits per heavy atom. The van der Waals surface area contributed by atoms with Gasteiger partial charge in [0, 0.05) is 15.7 Å². The summed E-state index contributed by atoms with van der Waals surface area (Å²) < 4.78 is 1.01. The highest BCUT2D eigenvalue weighted by atomic mass is 79.9. The van der Waals surface area contributed by atoms with Gasteiger partial charge >= 0.3 is 0 Å². The van der Waals surface area contributed by atoms with E-state index >= 15 is 0 Å². The third-order valence-corrected chi connectivity index (χ3v) is 3.47. The van der Waals surface area contributed by atoms with Gasteiger partial charge < -0.3 is 10.7 Å². The van der Waals surface area contributed by atoms with Gasteiger partial charge in [-0.1, -0.05) is 0 Å². The van der Waals surface area contributed by atoms with Gasteiger partial charge in [-0.25, -0.2) is 4.98 Å². The van der Waals surface area contributed by atoms with Crippen molar-refractivity contribution in [1.29, 1.82) is 0 Å². The molecule has 0 bridgehead atoms. The zero-order valence-corrected chi connectivity index (χ0v) is 11.5. The Bertz CT molecular complexity index is 714. The maximum Gasteiger partial charge on any atom is 0.138 e. The number of aromatic amines is 1. The zero-order valence-electron chi connectivity index (χ0n) is 9.87. The lowest BCUT2D eigenvalue weighted by molar-refractivity contribution is 1.33. The average molecular weight is 302 g/mol. The topological polar surface area (TPSA) is 54.7 Å². The molecule has 0 radical (unpaired) electrons. The van der Waals surface area contributed by atoms with Crippen molar-refractivity contribution < 1.29 is 0 Å². The summed E-state index contributed by atoms with van der Waals surface area (Å²) in [6, 6.07) is 11.8. The number of nitrogen functional groups attached to an aromatic ring is 1.